The van der Waals surface area contributed by atoms with E-state index in [1.54, 1.807) is 12.1 Å². The van der Waals surface area contributed by atoms with Gasteiger partial charge in [0.25, 0.3) is 0 Å². The van der Waals surface area contributed by atoms with Gasteiger partial charge in [0, 0.05) is 13.1 Å². The van der Waals surface area contributed by atoms with E-state index in [4.69, 9.17) is 9.84 Å². The van der Waals surface area contributed by atoms with Crippen LogP contribution in [0.15, 0.2) is 24.3 Å². The highest BCUT2D eigenvalue weighted by Crippen LogP contribution is 2.27. The number of aliphatic hydroxyl groups is 1. The molecule has 1 aliphatic heterocycles. The number of carboxylic acid groups (broad SMARTS) is 1. The lowest BCUT2D eigenvalue weighted by molar-refractivity contribution is -0.139. The first-order valence-electron chi connectivity index (χ1n) is 7.73. The van der Waals surface area contributed by atoms with Crippen molar-refractivity contribution >= 4 is 5.97 Å². The van der Waals surface area contributed by atoms with Gasteiger partial charge in [0.15, 0.2) is 6.61 Å². The minimum Gasteiger partial charge on any atom is -0.482 e. The molecule has 2 N–H and O–H groups in total. The van der Waals surface area contributed by atoms with E-state index in [0.29, 0.717) is 11.7 Å². The molecule has 1 aromatic carbocycles. The Kier molecular flexibility index (Phi) is 5.42. The molecule has 1 atom stereocenters. The van der Waals surface area contributed by atoms with Crippen LogP contribution in [-0.4, -0.2) is 46.4 Å². The highest BCUT2D eigenvalue weighted by Gasteiger charge is 2.31. The van der Waals surface area contributed by atoms with E-state index in [1.807, 2.05) is 26.0 Å². The van der Waals surface area contributed by atoms with Crippen molar-refractivity contribution in [2.45, 2.75) is 38.8 Å². The molecule has 0 aliphatic carbocycles. The van der Waals surface area contributed by atoms with Crippen molar-refractivity contribution in [3.8, 4) is 5.75 Å². The van der Waals surface area contributed by atoms with E-state index in [9.17, 15) is 9.90 Å². The highest BCUT2D eigenvalue weighted by molar-refractivity contribution is 5.68. The predicted octanol–water partition coefficient (Wildman–Crippen LogP) is 2.13. The van der Waals surface area contributed by atoms with Crippen LogP contribution in [0.4, 0.5) is 0 Å². The lowest BCUT2D eigenvalue weighted by Gasteiger charge is -2.38. The van der Waals surface area contributed by atoms with Crippen LogP contribution >= 0.6 is 0 Å². The second-order valence-electron chi connectivity index (χ2n) is 6.55. The number of benzene rings is 1. The van der Waals surface area contributed by atoms with Crippen molar-refractivity contribution in [3.63, 3.8) is 0 Å². The molecule has 0 bridgehead atoms. The normalized spacial score (nSPS) is 19.9. The zero-order valence-electron chi connectivity index (χ0n) is 13.3. The van der Waals surface area contributed by atoms with Gasteiger partial charge in [-0.1, -0.05) is 12.1 Å². The van der Waals surface area contributed by atoms with Crippen molar-refractivity contribution < 1.29 is 19.7 Å². The molecule has 0 amide bonds. The van der Waals surface area contributed by atoms with Gasteiger partial charge in [-0.2, -0.15) is 0 Å². The number of carbonyl (C=O) groups is 1. The molecule has 0 radical (unpaired) electrons. The molecular formula is C17H25NO4. The number of ether oxygens (including phenoxy) is 1. The number of hydrogen-bond acceptors (Lipinski definition) is 4. The summed E-state index contributed by atoms with van der Waals surface area (Å²) >= 11 is 0. The van der Waals surface area contributed by atoms with Gasteiger partial charge < -0.3 is 14.9 Å². The summed E-state index contributed by atoms with van der Waals surface area (Å²) < 4.78 is 5.13. The van der Waals surface area contributed by atoms with Gasteiger partial charge in [0.05, 0.1) is 5.60 Å². The lowest BCUT2D eigenvalue weighted by atomic mass is 9.84. The number of piperidine rings is 1. The average molecular weight is 307 g/mol. The maximum absolute atomic E-state index is 10.5. The Labute approximate surface area is 131 Å². The summed E-state index contributed by atoms with van der Waals surface area (Å²) in [4.78, 5) is 12.8. The van der Waals surface area contributed by atoms with Crippen LogP contribution < -0.4 is 4.74 Å². The molecule has 1 saturated heterocycles. The maximum Gasteiger partial charge on any atom is 0.341 e. The number of nitrogens with zero attached hydrogens (tertiary/aromatic N) is 1. The van der Waals surface area contributed by atoms with Crippen molar-refractivity contribution in [2.75, 3.05) is 19.7 Å². The number of hydrogen-bond donors (Lipinski definition) is 2. The number of aliphatic carboxylic acids is 1. The molecule has 1 aliphatic rings. The molecular weight excluding hydrogens is 282 g/mol. The van der Waals surface area contributed by atoms with E-state index in [1.165, 1.54) is 5.56 Å². The molecule has 5 heteroatoms. The largest absolute Gasteiger partial charge is 0.482 e. The highest BCUT2D eigenvalue weighted by atomic mass is 16.5. The molecule has 1 unspecified atom stereocenters. The number of carboxylic acids is 1. The quantitative estimate of drug-likeness (QED) is 0.842. The summed E-state index contributed by atoms with van der Waals surface area (Å²) in [6, 6.07) is 7.53. The third-order valence-electron chi connectivity index (χ3n) is 4.20. The molecule has 0 aromatic heterocycles. The smallest absolute Gasteiger partial charge is 0.341 e. The van der Waals surface area contributed by atoms with E-state index in [2.05, 4.69) is 4.90 Å². The van der Waals surface area contributed by atoms with E-state index in [0.717, 1.165) is 32.5 Å². The van der Waals surface area contributed by atoms with Crippen LogP contribution in [0, 0.1) is 5.92 Å². The minimum atomic E-state index is -0.977. The Morgan fingerprint density at radius 3 is 2.64 bits per heavy atom. The summed E-state index contributed by atoms with van der Waals surface area (Å²) in [5, 5.41) is 18.8. The Balaban J connectivity index is 1.89. The summed E-state index contributed by atoms with van der Waals surface area (Å²) in [7, 11) is 0. The van der Waals surface area contributed by atoms with Crippen LogP contribution in [-0.2, 0) is 11.3 Å². The summed E-state index contributed by atoms with van der Waals surface area (Å²) in [6.45, 7) is 6.24. The molecule has 2 rings (SSSR count). The fraction of sp³-hybridized carbons (Fsp3) is 0.588. The molecule has 22 heavy (non-hydrogen) atoms. The van der Waals surface area contributed by atoms with Crippen LogP contribution in [0.2, 0.25) is 0 Å². The van der Waals surface area contributed by atoms with Gasteiger partial charge in [-0.3, -0.25) is 4.90 Å². The van der Waals surface area contributed by atoms with Gasteiger partial charge in [-0.25, -0.2) is 4.79 Å². The van der Waals surface area contributed by atoms with E-state index in [-0.39, 0.29) is 6.61 Å². The summed E-state index contributed by atoms with van der Waals surface area (Å²) in [6.07, 6.45) is 2.18. The molecule has 1 heterocycles. The van der Waals surface area contributed by atoms with Crippen molar-refractivity contribution in [3.05, 3.63) is 29.8 Å². The Morgan fingerprint density at radius 2 is 2.05 bits per heavy atom. The first-order valence-corrected chi connectivity index (χ1v) is 7.73. The maximum atomic E-state index is 10.5. The Morgan fingerprint density at radius 1 is 1.36 bits per heavy atom. The standard InChI is InChI=1S/C17H25NO4/c1-17(2,21)14-4-3-9-18(11-14)10-13-5-7-15(8-6-13)22-12-16(19)20/h5-8,14,21H,3-4,9-12H2,1-2H3,(H,19,20). The number of rotatable bonds is 6. The zero-order chi connectivity index (χ0) is 16.2. The van der Waals surface area contributed by atoms with Crippen molar-refractivity contribution in [1.29, 1.82) is 0 Å². The van der Waals surface area contributed by atoms with Gasteiger partial charge in [-0.05, 0) is 56.8 Å². The average Bonchev–Trinajstić information content (AvgIpc) is 2.46. The SMILES string of the molecule is CC(C)(O)C1CCCN(Cc2ccc(OCC(=O)O)cc2)C1. The fourth-order valence-electron chi connectivity index (χ4n) is 2.87. The van der Waals surface area contributed by atoms with Gasteiger partial charge >= 0.3 is 5.97 Å². The second kappa shape index (κ2) is 7.11. The van der Waals surface area contributed by atoms with E-state index < -0.39 is 11.6 Å². The van der Waals surface area contributed by atoms with Gasteiger partial charge in [-0.15, -0.1) is 0 Å². The molecule has 122 valence electrons. The van der Waals surface area contributed by atoms with Crippen LogP contribution in [0.1, 0.15) is 32.3 Å². The molecule has 0 spiro atoms. The monoisotopic (exact) mass is 307 g/mol. The van der Waals surface area contributed by atoms with E-state index >= 15 is 0 Å². The summed E-state index contributed by atoms with van der Waals surface area (Å²) in [5.41, 5.74) is 0.534. The third-order valence-corrected chi connectivity index (χ3v) is 4.20. The summed E-state index contributed by atoms with van der Waals surface area (Å²) in [5.74, 6) is -0.103. The Hall–Kier alpha value is -1.59. The second-order valence-corrected chi connectivity index (χ2v) is 6.55. The predicted molar refractivity (Wildman–Crippen MR) is 83.9 cm³/mol. The van der Waals surface area contributed by atoms with Gasteiger partial charge in [0.2, 0.25) is 0 Å². The topological polar surface area (TPSA) is 70.0 Å². The van der Waals surface area contributed by atoms with Crippen molar-refractivity contribution in [2.24, 2.45) is 5.92 Å². The van der Waals surface area contributed by atoms with Gasteiger partial charge in [0.1, 0.15) is 5.75 Å². The first-order chi connectivity index (χ1) is 10.3. The van der Waals surface area contributed by atoms with Crippen molar-refractivity contribution in [1.82, 2.24) is 4.90 Å². The molecule has 1 fully saturated rings. The third kappa shape index (κ3) is 5.00. The first kappa shape index (κ1) is 16.8. The zero-order valence-corrected chi connectivity index (χ0v) is 13.3. The molecule has 0 saturated carbocycles. The van der Waals surface area contributed by atoms with Crippen LogP contribution in [0.25, 0.3) is 0 Å². The Bertz CT molecular complexity index is 492. The fourth-order valence-corrected chi connectivity index (χ4v) is 2.87. The van der Waals surface area contributed by atoms with Crippen LogP contribution in [0.5, 0.6) is 5.75 Å². The number of likely N-dealkylation sites (tertiary alicyclic amines) is 1. The molecule has 5 nitrogen and oxygen atoms in total. The van der Waals surface area contributed by atoms with Crippen LogP contribution in [0.3, 0.4) is 0 Å². The molecule has 1 aromatic rings. The lowest BCUT2D eigenvalue weighted by Crippen LogP contribution is -2.44. The minimum absolute atomic E-state index is 0.305.